The molecule has 0 atom stereocenters. The smallest absolute Gasteiger partial charge is 0.330 e. The second-order valence-electron chi connectivity index (χ2n) is 3.20. The minimum absolute atomic E-state index is 0.155. The molecule has 0 saturated heterocycles. The average Bonchev–Trinajstić information content (AvgIpc) is 2.18. The maximum absolute atomic E-state index is 10.4. The van der Waals surface area contributed by atoms with Crippen molar-refractivity contribution in [2.75, 3.05) is 6.61 Å². The quantitative estimate of drug-likeness (QED) is 0.480. The van der Waals surface area contributed by atoms with Crippen LogP contribution in [-0.2, 0) is 9.59 Å². The fraction of sp³-hybridized carbons (Fsp3) is 0.455. The number of allylic oxidation sites excluding steroid dienone is 1. The van der Waals surface area contributed by atoms with E-state index in [4.69, 9.17) is 15.9 Å². The molecule has 1 amide bonds. The van der Waals surface area contributed by atoms with Crippen LogP contribution in [0.1, 0.15) is 26.7 Å². The van der Waals surface area contributed by atoms with Crippen molar-refractivity contribution in [3.63, 3.8) is 0 Å². The minimum Gasteiger partial charge on any atom is -0.478 e. The molecule has 4 N–H and O–H groups in total. The Morgan fingerprint density at radius 2 is 1.81 bits per heavy atom. The summed E-state index contributed by atoms with van der Waals surface area (Å²) in [4.78, 5) is 20.0. The Kier molecular flexibility index (Phi) is 10.4. The van der Waals surface area contributed by atoms with E-state index >= 15 is 0 Å². The summed E-state index contributed by atoms with van der Waals surface area (Å²) in [5, 5.41) is 16.3. The molecule has 5 nitrogen and oxygen atoms in total. The first-order valence-corrected chi connectivity index (χ1v) is 4.79. The lowest BCUT2D eigenvalue weighted by Crippen LogP contribution is -2.11. The van der Waals surface area contributed by atoms with Crippen LogP contribution in [0.5, 0.6) is 0 Å². The summed E-state index contributed by atoms with van der Waals surface area (Å²) in [6.45, 7) is 6.42. The van der Waals surface area contributed by atoms with Gasteiger partial charge >= 0.3 is 5.97 Å². The zero-order valence-corrected chi connectivity index (χ0v) is 9.69. The number of nitrogens with two attached hydrogens (primary N) is 1. The molecule has 0 aromatic rings. The fourth-order valence-electron chi connectivity index (χ4n) is 0.510. The number of amides is 1. The number of carbonyl (C=O) groups excluding carboxylic acids is 1. The van der Waals surface area contributed by atoms with Crippen LogP contribution < -0.4 is 5.73 Å². The first-order valence-electron chi connectivity index (χ1n) is 4.79. The molecule has 0 radical (unpaired) electrons. The Morgan fingerprint density at radius 1 is 1.38 bits per heavy atom. The molecule has 0 heterocycles. The van der Waals surface area contributed by atoms with Crippen LogP contribution >= 0.6 is 0 Å². The highest BCUT2D eigenvalue weighted by Gasteiger charge is 1.94. The van der Waals surface area contributed by atoms with Crippen LogP contribution in [0.3, 0.4) is 0 Å². The van der Waals surface area contributed by atoms with E-state index < -0.39 is 11.9 Å². The van der Waals surface area contributed by atoms with E-state index in [1.165, 1.54) is 6.92 Å². The van der Waals surface area contributed by atoms with E-state index in [1.54, 1.807) is 13.0 Å². The number of unbranched alkanes of at least 4 members (excludes halogenated alkanes) is 1. The van der Waals surface area contributed by atoms with Crippen LogP contribution in [0, 0.1) is 0 Å². The minimum atomic E-state index is -0.935. The van der Waals surface area contributed by atoms with Crippen LogP contribution in [0.25, 0.3) is 0 Å². The van der Waals surface area contributed by atoms with Crippen molar-refractivity contribution in [1.82, 2.24) is 0 Å². The van der Waals surface area contributed by atoms with E-state index in [9.17, 15) is 9.59 Å². The Morgan fingerprint density at radius 3 is 2.06 bits per heavy atom. The third-order valence-corrected chi connectivity index (χ3v) is 1.57. The monoisotopic (exact) mass is 229 g/mol. The molecule has 5 heteroatoms. The maximum atomic E-state index is 10.4. The molecule has 0 bridgehead atoms. The van der Waals surface area contributed by atoms with Crippen molar-refractivity contribution >= 4 is 11.9 Å². The second-order valence-corrected chi connectivity index (χ2v) is 3.20. The van der Waals surface area contributed by atoms with Crippen LogP contribution in [0.15, 0.2) is 23.8 Å². The Balaban J connectivity index is 0. The van der Waals surface area contributed by atoms with E-state index in [-0.39, 0.29) is 12.2 Å². The van der Waals surface area contributed by atoms with Gasteiger partial charge in [0, 0.05) is 17.8 Å². The number of aliphatic hydroxyl groups excluding tert-OH is 1. The predicted octanol–water partition coefficient (Wildman–Crippen LogP) is 0.838. The first kappa shape index (κ1) is 16.8. The van der Waals surface area contributed by atoms with Gasteiger partial charge in [0.2, 0.25) is 5.91 Å². The summed E-state index contributed by atoms with van der Waals surface area (Å²) in [5.74, 6) is -1.33. The summed E-state index contributed by atoms with van der Waals surface area (Å²) >= 11 is 0. The van der Waals surface area contributed by atoms with E-state index in [0.717, 1.165) is 0 Å². The van der Waals surface area contributed by atoms with Crippen LogP contribution in [-0.4, -0.2) is 28.7 Å². The Labute approximate surface area is 95.3 Å². The van der Waals surface area contributed by atoms with E-state index in [0.29, 0.717) is 18.4 Å². The molecular weight excluding hydrogens is 210 g/mol. The van der Waals surface area contributed by atoms with Gasteiger partial charge in [-0.2, -0.15) is 0 Å². The Hall–Kier alpha value is -1.62. The predicted molar refractivity (Wildman–Crippen MR) is 61.7 cm³/mol. The molecule has 92 valence electrons. The van der Waals surface area contributed by atoms with Gasteiger partial charge in [-0.25, -0.2) is 4.79 Å². The molecule has 0 saturated carbocycles. The first-order chi connectivity index (χ1) is 7.32. The van der Waals surface area contributed by atoms with Gasteiger partial charge in [0.25, 0.3) is 0 Å². The van der Waals surface area contributed by atoms with Gasteiger partial charge in [-0.15, -0.1) is 0 Å². The van der Waals surface area contributed by atoms with Gasteiger partial charge in [-0.3, -0.25) is 4.79 Å². The highest BCUT2D eigenvalue weighted by Crippen LogP contribution is 1.96. The Bertz CT molecular complexity index is 270. The maximum Gasteiger partial charge on any atom is 0.330 e. The van der Waals surface area contributed by atoms with Crippen LogP contribution in [0.2, 0.25) is 0 Å². The average molecular weight is 229 g/mol. The number of hydrogen-bond donors (Lipinski definition) is 3. The van der Waals surface area contributed by atoms with E-state index in [2.05, 4.69) is 6.58 Å². The van der Waals surface area contributed by atoms with E-state index in [1.807, 2.05) is 0 Å². The summed E-state index contributed by atoms with van der Waals surface area (Å²) in [5.41, 5.74) is 5.69. The lowest BCUT2D eigenvalue weighted by molar-refractivity contribution is -0.132. The summed E-state index contributed by atoms with van der Waals surface area (Å²) < 4.78 is 0. The number of carbonyl (C=O) groups is 2. The topological polar surface area (TPSA) is 101 Å². The zero-order chi connectivity index (χ0) is 13.1. The molecule has 0 aliphatic rings. The molecule has 0 aromatic heterocycles. The summed E-state index contributed by atoms with van der Waals surface area (Å²) in [6.07, 6.45) is 3.13. The molecule has 0 unspecified atom stereocenters. The normalized spacial score (nSPS) is 10.1. The van der Waals surface area contributed by atoms with Gasteiger partial charge in [-0.1, -0.05) is 12.7 Å². The van der Waals surface area contributed by atoms with Gasteiger partial charge in [0.15, 0.2) is 0 Å². The largest absolute Gasteiger partial charge is 0.478 e. The SMILES string of the molecule is C=C(C)C(=O)O.CC(=CCCCO)C(N)=O. The third-order valence-electron chi connectivity index (χ3n) is 1.57. The second kappa shape index (κ2) is 9.92. The number of carboxylic acid groups (broad SMARTS) is 1. The standard InChI is InChI=1S/C7H13NO2.C4H6O2/c1-6(7(8)10)4-2-3-5-9;1-3(2)4(5)6/h4,9H,2-3,5H2,1H3,(H2,8,10);1H2,2H3,(H,5,6). The molecule has 16 heavy (non-hydrogen) atoms. The lowest BCUT2D eigenvalue weighted by atomic mass is 10.2. The molecule has 0 fully saturated rings. The van der Waals surface area contributed by atoms with Crippen molar-refractivity contribution in [3.05, 3.63) is 23.8 Å². The molecule has 0 rings (SSSR count). The van der Waals surface area contributed by atoms with Crippen molar-refractivity contribution in [1.29, 1.82) is 0 Å². The highest BCUT2D eigenvalue weighted by molar-refractivity contribution is 5.91. The third kappa shape index (κ3) is 12.4. The van der Waals surface area contributed by atoms with Gasteiger partial charge in [0.05, 0.1) is 0 Å². The van der Waals surface area contributed by atoms with Gasteiger partial charge in [-0.05, 0) is 26.7 Å². The van der Waals surface area contributed by atoms with Crippen molar-refractivity contribution in [2.45, 2.75) is 26.7 Å². The molecule has 0 spiro atoms. The summed E-state index contributed by atoms with van der Waals surface area (Å²) in [7, 11) is 0. The molecule has 0 aliphatic heterocycles. The molecule has 0 aliphatic carbocycles. The van der Waals surface area contributed by atoms with Crippen molar-refractivity contribution in [3.8, 4) is 0 Å². The van der Waals surface area contributed by atoms with Crippen molar-refractivity contribution < 1.29 is 19.8 Å². The number of primary amides is 1. The lowest BCUT2D eigenvalue weighted by Gasteiger charge is -1.92. The van der Waals surface area contributed by atoms with Crippen LogP contribution in [0.4, 0.5) is 0 Å². The van der Waals surface area contributed by atoms with Gasteiger partial charge in [0.1, 0.15) is 0 Å². The molecule has 0 aromatic carbocycles. The zero-order valence-electron chi connectivity index (χ0n) is 9.69. The van der Waals surface area contributed by atoms with Crippen molar-refractivity contribution in [2.24, 2.45) is 5.73 Å². The molecular formula is C11H19NO4. The van der Waals surface area contributed by atoms with Gasteiger partial charge < -0.3 is 15.9 Å². The number of aliphatic carboxylic acids is 1. The highest BCUT2D eigenvalue weighted by atomic mass is 16.4. The number of carboxylic acids is 1. The summed E-state index contributed by atoms with van der Waals surface area (Å²) in [6, 6.07) is 0. The number of aliphatic hydroxyl groups is 1. The number of hydrogen-bond acceptors (Lipinski definition) is 3. The fourth-order valence-corrected chi connectivity index (χ4v) is 0.510. The number of rotatable bonds is 5.